The van der Waals surface area contributed by atoms with E-state index in [1.807, 2.05) is 0 Å². The molecule has 834 valence electrons. The molecule has 0 aromatic heterocycles. The maximum Gasteiger partial charge on any atom is 0.242 e. The van der Waals surface area contributed by atoms with Crippen LogP contribution in [0.4, 0.5) is 0 Å². The van der Waals surface area contributed by atoms with Crippen LogP contribution in [-0.2, 0) is 190 Å². The van der Waals surface area contributed by atoms with Crippen molar-refractivity contribution >= 4 is 59.1 Å². The minimum absolute atomic E-state index is 0.00781. The molecule has 0 aliphatic rings. The van der Waals surface area contributed by atoms with Crippen molar-refractivity contribution < 1.29 is 190 Å². The molecule has 2 N–H and O–H groups in total. The summed E-state index contributed by atoms with van der Waals surface area (Å²) in [5.74, 6) is -7.48. The molecule has 0 unspecified atom stereocenters. The lowest BCUT2D eigenvalue weighted by Crippen LogP contribution is -2.54. The van der Waals surface area contributed by atoms with Crippen molar-refractivity contribution in [2.45, 2.75) is 0 Å². The van der Waals surface area contributed by atoms with Crippen LogP contribution in [0.5, 0.6) is 0 Å². The molecule has 51 heteroatoms. The van der Waals surface area contributed by atoms with Crippen LogP contribution in [0.3, 0.4) is 0 Å². The molecule has 0 aromatic rings. The largest absolute Gasteiger partial charge is 0.382 e. The highest BCUT2D eigenvalue weighted by atomic mass is 16.6. The van der Waals surface area contributed by atoms with Crippen molar-refractivity contribution in [2.75, 3.05) is 539 Å². The Hall–Kier alpha value is -6.54. The van der Waals surface area contributed by atoms with E-state index in [9.17, 15) is 14.4 Å². The van der Waals surface area contributed by atoms with Gasteiger partial charge in [-0.3, -0.25) is 52.8 Å². The maximum atomic E-state index is 15.6. The van der Waals surface area contributed by atoms with Gasteiger partial charge < -0.3 is 192 Å². The highest BCUT2D eigenvalue weighted by molar-refractivity contribution is 5.94. The number of primary amides is 1. The van der Waals surface area contributed by atoms with Gasteiger partial charge >= 0.3 is 0 Å². The molecule has 0 heterocycles. The molecule has 10 amide bonds. The second-order valence-electron chi connectivity index (χ2n) is 30.7. The van der Waals surface area contributed by atoms with Gasteiger partial charge in [-0.15, -0.1) is 0 Å². The van der Waals surface area contributed by atoms with Gasteiger partial charge in [-0.05, 0) is 7.05 Å². The third-order valence-electron chi connectivity index (χ3n) is 19.7. The van der Waals surface area contributed by atoms with E-state index in [-0.39, 0.29) is 297 Å². The van der Waals surface area contributed by atoms with E-state index >= 15 is 33.6 Å². The zero-order valence-electron chi connectivity index (χ0n) is 86.9. The SMILES string of the molecule is COCCOCCOCCN(C)CC(=O)N(CCOCCOCCOC)CC(=O)N(CCOCCOCCOC)CC(=O)N(CCOCCOCCOC)CC(=O)N(CCOCCOCCOC)CC(=O)N(CCOCCOCCOC)CC(=O)N(CCOCCOCCOC)CC(=O)N(CCOCCOCCOC)CC(=O)N(CCOCCOCCOC)CC(=O)N(CCOCCOCCOC)CC(N)=O. The first kappa shape index (κ1) is 135. The van der Waals surface area contributed by atoms with Crippen LogP contribution in [0, 0.1) is 0 Å². The molecule has 51 nitrogen and oxygen atoms in total. The normalized spacial score (nSPS) is 11.4. The number of hydrogen-bond donors (Lipinski definition) is 1. The molecule has 0 aromatic carbocycles. The summed E-state index contributed by atoms with van der Waals surface area (Å²) in [5.41, 5.74) is 5.67. The van der Waals surface area contributed by atoms with Crippen molar-refractivity contribution in [2.24, 2.45) is 5.73 Å². The maximum absolute atomic E-state index is 15.6. The van der Waals surface area contributed by atoms with Crippen molar-refractivity contribution in [1.29, 1.82) is 0 Å². The molecule has 0 spiro atoms. The number of carbonyl (C=O) groups is 10. The predicted octanol–water partition coefficient (Wildman–Crippen LogP) is -5.34. The lowest BCUT2D eigenvalue weighted by atomic mass is 10.3. The highest BCUT2D eigenvalue weighted by Crippen LogP contribution is 2.10. The average Bonchev–Trinajstić information content (AvgIpc) is 0.852. The molecule has 0 radical (unpaired) electrons. The van der Waals surface area contributed by atoms with Crippen LogP contribution >= 0.6 is 0 Å². The molecule has 0 bridgehead atoms. The summed E-state index contributed by atoms with van der Waals surface area (Å²) in [5, 5.41) is 0. The quantitative estimate of drug-likeness (QED) is 0.0556. The summed E-state index contributed by atoms with van der Waals surface area (Å²) in [4.78, 5) is 161. The first-order valence-corrected chi connectivity index (χ1v) is 48.2. The summed E-state index contributed by atoms with van der Waals surface area (Å²) < 4.78 is 166. The Morgan fingerprint density at radius 2 is 0.239 bits per heavy atom. The van der Waals surface area contributed by atoms with Crippen molar-refractivity contribution in [3.8, 4) is 0 Å². The number of methoxy groups -OCH3 is 10. The number of hydrogen-bond acceptors (Lipinski definition) is 41. The van der Waals surface area contributed by atoms with E-state index in [0.717, 1.165) is 29.4 Å². The fraction of sp³-hybridized carbons (Fsp3) is 0.890. The molecular weight excluding hydrogens is 1890 g/mol. The van der Waals surface area contributed by atoms with E-state index in [4.69, 9.17) is 148 Å². The summed E-state index contributed by atoms with van der Waals surface area (Å²) in [6.45, 7) is -0.145. The van der Waals surface area contributed by atoms with Gasteiger partial charge in [-0.25, -0.2) is 0 Å². The summed E-state index contributed by atoms with van der Waals surface area (Å²) in [6.07, 6.45) is 0. The number of nitrogens with zero attached hydrogens (tertiary/aromatic N) is 10. The van der Waals surface area contributed by atoms with E-state index in [2.05, 4.69) is 0 Å². The first-order valence-electron chi connectivity index (χ1n) is 48.2. The number of amides is 10. The molecule has 0 atom stereocenters. The third-order valence-corrected chi connectivity index (χ3v) is 19.7. The van der Waals surface area contributed by atoms with E-state index in [1.165, 1.54) is 71.6 Å². The highest BCUT2D eigenvalue weighted by Gasteiger charge is 2.33. The Bertz CT molecular complexity index is 3010. The molecule has 0 fully saturated rings. The second kappa shape index (κ2) is 102. The van der Waals surface area contributed by atoms with Crippen molar-refractivity contribution in [3.63, 3.8) is 0 Å². The van der Waals surface area contributed by atoms with E-state index in [0.29, 0.717) is 106 Å². The smallest absolute Gasteiger partial charge is 0.242 e. The molecule has 0 saturated carbocycles. The Kier molecular flexibility index (Phi) is 97.0. The van der Waals surface area contributed by atoms with Crippen LogP contribution in [0.25, 0.3) is 0 Å². The van der Waals surface area contributed by atoms with Crippen molar-refractivity contribution in [3.05, 3.63) is 0 Å². The van der Waals surface area contributed by atoms with Gasteiger partial charge in [0.25, 0.3) is 0 Å². The molecular formula is C91H175N11O40. The summed E-state index contributed by atoms with van der Waals surface area (Å²) in [7, 11) is 17.1. The van der Waals surface area contributed by atoms with Crippen molar-refractivity contribution in [1.82, 2.24) is 49.0 Å². The predicted molar refractivity (Wildman–Crippen MR) is 511 cm³/mol. The van der Waals surface area contributed by atoms with Gasteiger partial charge in [0.1, 0.15) is 0 Å². The van der Waals surface area contributed by atoms with Gasteiger partial charge in [0.15, 0.2) is 0 Å². The fourth-order valence-electron chi connectivity index (χ4n) is 11.8. The Balaban J connectivity index is 8.53. The van der Waals surface area contributed by atoms with E-state index in [1.54, 1.807) is 26.2 Å². The van der Waals surface area contributed by atoms with E-state index < -0.39 is 118 Å². The minimum atomic E-state index is -0.848. The summed E-state index contributed by atoms with van der Waals surface area (Å²) >= 11 is 0. The molecule has 0 aliphatic heterocycles. The number of likely N-dealkylation sites (N-methyl/N-ethyl adjacent to an activating group) is 1. The lowest BCUT2D eigenvalue weighted by Gasteiger charge is -2.33. The Labute approximate surface area is 840 Å². The average molecular weight is 2060 g/mol. The lowest BCUT2D eigenvalue weighted by molar-refractivity contribution is -0.150. The van der Waals surface area contributed by atoms with Gasteiger partial charge in [0, 0.05) is 137 Å². The van der Waals surface area contributed by atoms with Gasteiger partial charge in [-0.2, -0.15) is 0 Å². The Morgan fingerprint density at radius 3 is 0.359 bits per heavy atom. The summed E-state index contributed by atoms with van der Waals surface area (Å²) in [6, 6.07) is 0. The van der Waals surface area contributed by atoms with Crippen LogP contribution < -0.4 is 5.73 Å². The zero-order valence-corrected chi connectivity index (χ0v) is 86.9. The minimum Gasteiger partial charge on any atom is -0.382 e. The standard InChI is InChI=1S/C91H175N11O40/c1-93(12-22-123-52-62-133-42-32-113-2)73-83(104)95(14-24-125-54-64-135-44-34-115-4)75-85(106)97(16-26-127-56-66-137-46-36-117-6)77-87(108)99(18-28-129-58-68-139-48-38-119-8)79-89(110)101(20-30-131-60-70-141-50-40-121-10)81-91(112)102(21-31-132-61-71-142-51-41-122-11)80-90(111)100(19-29-130-59-69-140-49-39-120-9)78-88(109)98(17-27-128-57-67-138-47-37-118-7)76-86(107)96(15-25-126-55-65-136-45-35-116-5)74-84(105)94(72-82(92)103)13-23-124-53-63-134-43-33-114-3/h12-81H2,1-11H3,(H2,92,103). The number of ether oxygens (including phenoxy) is 30. The van der Waals surface area contributed by atoms with Gasteiger partial charge in [-0.1, -0.05) is 0 Å². The second-order valence-corrected chi connectivity index (χ2v) is 30.7. The number of nitrogens with two attached hydrogens (primary N) is 1. The molecule has 0 aliphatic carbocycles. The number of rotatable bonds is 110. The van der Waals surface area contributed by atoms with Crippen LogP contribution in [-0.4, -0.2) is 647 Å². The van der Waals surface area contributed by atoms with Crippen LogP contribution in [0.15, 0.2) is 0 Å². The van der Waals surface area contributed by atoms with Gasteiger partial charge in [0.2, 0.25) is 59.1 Å². The van der Waals surface area contributed by atoms with Crippen LogP contribution in [0.2, 0.25) is 0 Å². The Morgan fingerprint density at radius 1 is 0.141 bits per heavy atom. The monoisotopic (exact) mass is 2060 g/mol. The topological polar surface area (TPSA) is 506 Å². The fourth-order valence-corrected chi connectivity index (χ4v) is 11.8. The van der Waals surface area contributed by atoms with Gasteiger partial charge in [0.05, 0.1) is 396 Å². The third kappa shape index (κ3) is 81.5. The zero-order chi connectivity index (χ0) is 104. The first-order chi connectivity index (χ1) is 69.2. The van der Waals surface area contributed by atoms with Crippen LogP contribution in [0.1, 0.15) is 0 Å². The number of carbonyl (C=O) groups excluding carboxylic acids is 10. The molecule has 0 rings (SSSR count). The molecule has 142 heavy (non-hydrogen) atoms. The molecule has 0 saturated heterocycles.